The monoisotopic (exact) mass is 390 g/mol. The van der Waals surface area contributed by atoms with Crippen LogP contribution in [0.15, 0.2) is 33.8 Å². The first-order valence-corrected chi connectivity index (χ1v) is 8.59. The molecule has 108 valence electrons. The summed E-state index contributed by atoms with van der Waals surface area (Å²) in [6.07, 6.45) is 12.4. The highest BCUT2D eigenvalue weighted by Gasteiger charge is 2.19. The summed E-state index contributed by atoms with van der Waals surface area (Å²) < 4.78 is 7.11. The van der Waals surface area contributed by atoms with E-state index in [2.05, 4.69) is 70.5 Å². The number of ether oxygens (including phenoxy) is 1. The van der Waals surface area contributed by atoms with Crippen LogP contribution >= 0.6 is 31.9 Å². The molecule has 19 heavy (non-hydrogen) atoms. The number of rotatable bonds is 7. The van der Waals surface area contributed by atoms with Gasteiger partial charge in [-0.2, -0.15) is 0 Å². The first-order valence-electron chi connectivity index (χ1n) is 7.01. The van der Waals surface area contributed by atoms with Crippen LogP contribution in [0.25, 0.3) is 0 Å². The first-order chi connectivity index (χ1) is 9.01. The summed E-state index contributed by atoms with van der Waals surface area (Å²) in [7, 11) is 0. The van der Waals surface area contributed by atoms with Gasteiger partial charge in [0.15, 0.2) is 0 Å². The molecule has 0 aromatic carbocycles. The lowest BCUT2D eigenvalue weighted by molar-refractivity contribution is -0.00422. The Morgan fingerprint density at radius 3 is 2.89 bits per heavy atom. The normalized spacial score (nSPS) is 24.0. The van der Waals surface area contributed by atoms with Crippen molar-refractivity contribution < 1.29 is 4.74 Å². The van der Waals surface area contributed by atoms with E-state index in [0.29, 0.717) is 12.0 Å². The predicted octanol–water partition coefficient (Wildman–Crippen LogP) is 6.10. The van der Waals surface area contributed by atoms with Crippen LogP contribution in [-0.2, 0) is 4.74 Å². The zero-order chi connectivity index (χ0) is 14.3. The van der Waals surface area contributed by atoms with E-state index in [4.69, 9.17) is 4.74 Å². The number of hydrogen-bond acceptors (Lipinski definition) is 1. The second-order valence-corrected chi connectivity index (χ2v) is 8.11. The Kier molecular flexibility index (Phi) is 8.27. The van der Waals surface area contributed by atoms with Crippen LogP contribution in [0.5, 0.6) is 0 Å². The van der Waals surface area contributed by atoms with Crippen LogP contribution in [0.1, 0.15) is 46.0 Å². The van der Waals surface area contributed by atoms with Gasteiger partial charge in [-0.3, -0.25) is 0 Å². The average Bonchev–Trinajstić information content (AvgIpc) is 2.36. The molecule has 0 radical (unpaired) electrons. The van der Waals surface area contributed by atoms with E-state index in [0.717, 1.165) is 35.5 Å². The summed E-state index contributed by atoms with van der Waals surface area (Å²) in [6, 6.07) is 0. The fraction of sp³-hybridized carbons (Fsp3) is 0.625. The number of halogens is 2. The van der Waals surface area contributed by atoms with Crippen molar-refractivity contribution in [3.05, 3.63) is 33.8 Å². The molecular weight excluding hydrogens is 368 g/mol. The quantitative estimate of drug-likeness (QED) is 0.476. The van der Waals surface area contributed by atoms with E-state index >= 15 is 0 Å². The molecule has 0 N–H and O–H groups in total. The van der Waals surface area contributed by atoms with Crippen LogP contribution in [0.2, 0.25) is 0 Å². The summed E-state index contributed by atoms with van der Waals surface area (Å²) in [5.74, 6) is 0.656. The Hall–Kier alpha value is 0.140. The van der Waals surface area contributed by atoms with Crippen molar-refractivity contribution in [2.45, 2.75) is 58.2 Å². The van der Waals surface area contributed by atoms with Crippen molar-refractivity contribution >= 4 is 31.9 Å². The van der Waals surface area contributed by atoms with E-state index in [1.807, 2.05) is 0 Å². The van der Waals surface area contributed by atoms with Crippen molar-refractivity contribution in [3.8, 4) is 0 Å². The van der Waals surface area contributed by atoms with Crippen LogP contribution in [-0.4, -0.2) is 12.2 Å². The fourth-order valence-electron chi connectivity index (χ4n) is 2.39. The lowest BCUT2D eigenvalue weighted by atomic mass is 9.93. The topological polar surface area (TPSA) is 9.23 Å². The third-order valence-corrected chi connectivity index (χ3v) is 4.07. The van der Waals surface area contributed by atoms with Gasteiger partial charge in [0.25, 0.3) is 0 Å². The molecule has 0 saturated carbocycles. The molecule has 1 aliphatic heterocycles. The molecule has 1 aliphatic rings. The van der Waals surface area contributed by atoms with Gasteiger partial charge in [-0.1, -0.05) is 44.2 Å². The van der Waals surface area contributed by atoms with Gasteiger partial charge < -0.3 is 4.74 Å². The maximum Gasteiger partial charge on any atom is 0.0794 e. The van der Waals surface area contributed by atoms with E-state index < -0.39 is 0 Å². The van der Waals surface area contributed by atoms with Gasteiger partial charge in [0, 0.05) is 0 Å². The van der Waals surface area contributed by atoms with Crippen molar-refractivity contribution in [1.82, 2.24) is 0 Å². The molecule has 0 unspecified atom stereocenters. The average molecular weight is 392 g/mol. The maximum absolute atomic E-state index is 6.12. The molecular formula is C16H24Br2O. The van der Waals surface area contributed by atoms with E-state index in [-0.39, 0.29) is 6.10 Å². The predicted molar refractivity (Wildman–Crippen MR) is 90.8 cm³/mol. The smallest absolute Gasteiger partial charge is 0.0794 e. The Morgan fingerprint density at radius 1 is 1.53 bits per heavy atom. The minimum atomic E-state index is 0.213. The molecule has 1 rings (SSSR count). The highest BCUT2D eigenvalue weighted by molar-refractivity contribution is 9.28. The van der Waals surface area contributed by atoms with E-state index in [1.54, 1.807) is 0 Å². The molecule has 0 bridgehead atoms. The second-order valence-electron chi connectivity index (χ2n) is 5.34. The van der Waals surface area contributed by atoms with Gasteiger partial charge in [-0.25, -0.2) is 0 Å². The molecule has 0 spiro atoms. The molecule has 0 aliphatic carbocycles. The molecule has 3 atom stereocenters. The first kappa shape index (κ1) is 17.2. The highest BCUT2D eigenvalue weighted by Crippen LogP contribution is 2.25. The molecule has 1 heterocycles. The number of allylic oxidation sites excluding steroid dienone is 1. The summed E-state index contributed by atoms with van der Waals surface area (Å²) in [4.78, 5) is 0. The van der Waals surface area contributed by atoms with Crippen LogP contribution in [0, 0.1) is 5.92 Å². The van der Waals surface area contributed by atoms with Crippen LogP contribution in [0.4, 0.5) is 0 Å². The fourth-order valence-corrected chi connectivity index (χ4v) is 2.76. The Balaban J connectivity index is 2.38. The number of hydrogen-bond donors (Lipinski definition) is 0. The summed E-state index contributed by atoms with van der Waals surface area (Å²) >= 11 is 6.76. The molecule has 0 fully saturated rings. The van der Waals surface area contributed by atoms with Crippen molar-refractivity contribution in [2.24, 2.45) is 5.92 Å². The van der Waals surface area contributed by atoms with Gasteiger partial charge in [0.2, 0.25) is 0 Å². The minimum absolute atomic E-state index is 0.213. The van der Waals surface area contributed by atoms with Crippen molar-refractivity contribution in [3.63, 3.8) is 0 Å². The van der Waals surface area contributed by atoms with Crippen LogP contribution < -0.4 is 0 Å². The third-order valence-electron chi connectivity index (χ3n) is 3.42. The minimum Gasteiger partial charge on any atom is -0.370 e. The molecule has 3 heteroatoms. The van der Waals surface area contributed by atoms with E-state index in [1.165, 1.54) is 5.57 Å². The zero-order valence-electron chi connectivity index (χ0n) is 11.9. The standard InChI is InChI=1S/C16H24Br2O/c1-4-12(2)10-13(3)11-15-7-5-6-14(19-15)8-9-16(17)18/h5-6,9,13-15H,2,4,7-8,10-11H2,1,3H3/t13-,14-,15-/m0/s1. The highest BCUT2D eigenvalue weighted by atomic mass is 79.9. The third kappa shape index (κ3) is 7.48. The molecule has 0 aromatic heterocycles. The Labute approximate surface area is 134 Å². The Morgan fingerprint density at radius 2 is 2.26 bits per heavy atom. The lowest BCUT2D eigenvalue weighted by Crippen LogP contribution is -2.25. The molecule has 0 amide bonds. The SMILES string of the molecule is C=C(CC)C[C@H](C)C[C@@H]1CC=C[C@@H](CC=C(Br)Br)O1. The largest absolute Gasteiger partial charge is 0.370 e. The lowest BCUT2D eigenvalue weighted by Gasteiger charge is -2.27. The zero-order valence-corrected chi connectivity index (χ0v) is 15.0. The van der Waals surface area contributed by atoms with Crippen molar-refractivity contribution in [2.75, 3.05) is 0 Å². The maximum atomic E-state index is 6.12. The molecule has 0 saturated heterocycles. The van der Waals surface area contributed by atoms with Gasteiger partial charge in [0.05, 0.1) is 15.6 Å². The van der Waals surface area contributed by atoms with Gasteiger partial charge in [-0.05, 0) is 69.9 Å². The molecule has 1 nitrogen and oxygen atoms in total. The van der Waals surface area contributed by atoms with Gasteiger partial charge in [-0.15, -0.1) is 0 Å². The molecule has 0 aromatic rings. The summed E-state index contributed by atoms with van der Waals surface area (Å²) in [5.41, 5.74) is 1.35. The van der Waals surface area contributed by atoms with E-state index in [9.17, 15) is 0 Å². The second kappa shape index (κ2) is 9.15. The Bertz CT molecular complexity index is 343. The summed E-state index contributed by atoms with van der Waals surface area (Å²) in [5, 5.41) is 0. The van der Waals surface area contributed by atoms with Gasteiger partial charge >= 0.3 is 0 Å². The van der Waals surface area contributed by atoms with Crippen LogP contribution in [0.3, 0.4) is 0 Å². The van der Waals surface area contributed by atoms with Crippen molar-refractivity contribution in [1.29, 1.82) is 0 Å². The van der Waals surface area contributed by atoms with Gasteiger partial charge in [0.1, 0.15) is 0 Å². The summed E-state index contributed by atoms with van der Waals surface area (Å²) in [6.45, 7) is 8.57.